The van der Waals surface area contributed by atoms with Crippen molar-refractivity contribution in [3.8, 4) is 0 Å². The summed E-state index contributed by atoms with van der Waals surface area (Å²) in [4.78, 5) is 143. The number of rotatable bonds is 18. The van der Waals surface area contributed by atoms with Crippen LogP contribution in [0.4, 0.5) is 0 Å². The normalized spacial score (nSPS) is 21.7. The fourth-order valence-electron chi connectivity index (χ4n) is 8.03. The number of amides is 8. The Hall–Kier alpha value is -8.34. The van der Waals surface area contributed by atoms with Crippen molar-refractivity contribution >= 4 is 97.6 Å². The highest BCUT2D eigenvalue weighted by Gasteiger charge is 2.35. The second kappa shape index (κ2) is 30.4. The predicted molar refractivity (Wildman–Crippen MR) is 294 cm³/mol. The zero-order valence-corrected chi connectivity index (χ0v) is 44.5. The number of aromatic amines is 2. The van der Waals surface area contributed by atoms with Gasteiger partial charge < -0.3 is 80.5 Å². The highest BCUT2D eigenvalue weighted by atomic mass is 33.1. The SMILES string of the molecule is CC(=O)N[C@@H](CCCN=C(N)N)C(=O)N[C@H]1CSSC[C@@H](C(=O)O)NC(=O)[C@H](Cc2c[nH]c3ccccc23)NC(=O)[C@H](CCCN=C(N)N)NC(=O)[C@@H](Cc2ccccc2)NC(=O)[C@H](Cc2cnc[nH]2)NC(=O)[C@@H](C)NC1=O. The van der Waals surface area contributed by atoms with Gasteiger partial charge in [-0.25, -0.2) is 9.78 Å². The molecular formula is C49H67N17O10S2. The summed E-state index contributed by atoms with van der Waals surface area (Å²) in [7, 11) is 1.88. The minimum absolute atomic E-state index is 0.0434. The number of hydrogen-bond donors (Lipinski definition) is 15. The first-order valence-corrected chi connectivity index (χ1v) is 27.3. The van der Waals surface area contributed by atoms with Crippen molar-refractivity contribution in [2.45, 2.75) is 107 Å². The minimum atomic E-state index is -1.58. The second-order valence-electron chi connectivity index (χ2n) is 18.2. The molecule has 420 valence electrons. The van der Waals surface area contributed by atoms with Crippen LogP contribution in [0.25, 0.3) is 10.9 Å². The monoisotopic (exact) mass is 1120 g/mol. The summed E-state index contributed by atoms with van der Waals surface area (Å²) >= 11 is 0. The number of fused-ring (bicyclic) bond motifs is 1. The number of carbonyl (C=O) groups is 9. The van der Waals surface area contributed by atoms with E-state index in [2.05, 4.69) is 67.5 Å². The predicted octanol–water partition coefficient (Wildman–Crippen LogP) is -2.58. The van der Waals surface area contributed by atoms with Crippen molar-refractivity contribution in [1.29, 1.82) is 0 Å². The molecule has 8 amide bonds. The number of H-pyrrole nitrogens is 2. The van der Waals surface area contributed by atoms with Crippen LogP contribution in [0.5, 0.6) is 0 Å². The summed E-state index contributed by atoms with van der Waals surface area (Å²) in [5.74, 6) is -8.86. The molecule has 78 heavy (non-hydrogen) atoms. The van der Waals surface area contributed by atoms with E-state index in [0.29, 0.717) is 22.2 Å². The van der Waals surface area contributed by atoms with Crippen molar-refractivity contribution in [2.75, 3.05) is 24.6 Å². The molecule has 0 radical (unpaired) electrons. The van der Waals surface area contributed by atoms with Crippen molar-refractivity contribution in [1.82, 2.24) is 57.5 Å². The van der Waals surface area contributed by atoms with Gasteiger partial charge in [0.25, 0.3) is 0 Å². The molecule has 1 saturated heterocycles. The zero-order valence-electron chi connectivity index (χ0n) is 42.9. The molecule has 5 rings (SSSR count). The number of carbonyl (C=O) groups excluding carboxylic acids is 8. The molecule has 0 saturated carbocycles. The van der Waals surface area contributed by atoms with Crippen molar-refractivity contribution in [3.63, 3.8) is 0 Å². The van der Waals surface area contributed by atoms with Gasteiger partial charge in [-0.2, -0.15) is 0 Å². The van der Waals surface area contributed by atoms with Gasteiger partial charge in [-0.1, -0.05) is 70.1 Å². The van der Waals surface area contributed by atoms with Gasteiger partial charge in [0.1, 0.15) is 48.3 Å². The van der Waals surface area contributed by atoms with Crippen LogP contribution in [0, 0.1) is 0 Å². The van der Waals surface area contributed by atoms with E-state index < -0.39 is 102 Å². The van der Waals surface area contributed by atoms with E-state index in [0.717, 1.165) is 27.1 Å². The Morgan fingerprint density at radius 2 is 1.29 bits per heavy atom. The standard InChI is InChI=1S/C49H67N17O10S2/c1-26-40(68)62-37(20-30-22-54-25-58-30)45(73)63-35(18-28-10-4-3-5-11-28)43(71)61-34(15-9-17-56-49(52)53)42(70)64-36(19-29-21-57-32-13-7-6-12-31(29)32)44(72)66-39(47(75)76)24-78-77-23-38(46(74)59-26)65-41(69)33(60-27(2)67)14-8-16-55-48(50)51/h3-7,10-13,21-22,25-26,33-39,57H,8-9,14-20,23-24H2,1-2H3,(H,54,58)(H,59,74)(H,60,67)(H,61,71)(H,62,68)(H,63,73)(H,64,70)(H,65,69)(H,66,72)(H,75,76)(H4,50,51,55)(H4,52,53,56)/t26-,33+,34+,35-,36+,37+,38+,39+/m1/s1. The third kappa shape index (κ3) is 19.7. The minimum Gasteiger partial charge on any atom is -0.480 e. The van der Waals surface area contributed by atoms with Crippen LogP contribution in [0.15, 0.2) is 83.3 Å². The summed E-state index contributed by atoms with van der Waals surface area (Å²) in [6.45, 7) is 2.70. The van der Waals surface area contributed by atoms with Crippen LogP contribution in [0.1, 0.15) is 56.4 Å². The molecule has 2 aromatic carbocycles. The molecule has 1 aliphatic heterocycles. The van der Waals surface area contributed by atoms with E-state index in [1.54, 1.807) is 54.7 Å². The summed E-state index contributed by atoms with van der Waals surface area (Å²) in [5.41, 5.74) is 24.4. The summed E-state index contributed by atoms with van der Waals surface area (Å²) in [6, 6.07) is 4.67. The Balaban J connectivity index is 1.55. The largest absolute Gasteiger partial charge is 0.480 e. The topological polar surface area (TPSA) is 443 Å². The zero-order chi connectivity index (χ0) is 56.7. The number of nitrogens with two attached hydrogens (primary N) is 4. The lowest BCUT2D eigenvalue weighted by Gasteiger charge is -2.27. The van der Waals surface area contributed by atoms with E-state index in [-0.39, 0.29) is 81.5 Å². The first-order chi connectivity index (χ1) is 37.3. The number of benzene rings is 2. The van der Waals surface area contributed by atoms with Crippen LogP contribution >= 0.6 is 21.6 Å². The molecule has 0 unspecified atom stereocenters. The van der Waals surface area contributed by atoms with Gasteiger partial charge in [-0.15, -0.1) is 0 Å². The molecule has 1 aliphatic rings. The van der Waals surface area contributed by atoms with Gasteiger partial charge in [-0.05, 0) is 49.8 Å². The Labute approximate surface area is 456 Å². The van der Waals surface area contributed by atoms with Gasteiger partial charge in [0, 0.05) is 79.8 Å². The number of guanidine groups is 2. The number of nitrogens with zero attached hydrogens (tertiary/aromatic N) is 3. The number of aromatic nitrogens is 3. The van der Waals surface area contributed by atoms with Crippen molar-refractivity contribution < 1.29 is 48.3 Å². The van der Waals surface area contributed by atoms with Crippen LogP contribution in [-0.4, -0.2) is 158 Å². The average molecular weight is 1120 g/mol. The van der Waals surface area contributed by atoms with E-state index in [9.17, 15) is 48.3 Å². The quantitative estimate of drug-likeness (QED) is 0.0211. The molecular weight excluding hydrogens is 1050 g/mol. The smallest absolute Gasteiger partial charge is 0.327 e. The fourth-order valence-corrected chi connectivity index (χ4v) is 10.4. The molecule has 27 nitrogen and oxygen atoms in total. The fraction of sp³-hybridized carbons (Fsp3) is 0.429. The Morgan fingerprint density at radius 3 is 1.95 bits per heavy atom. The van der Waals surface area contributed by atoms with Gasteiger partial charge in [0.15, 0.2) is 11.9 Å². The average Bonchev–Trinajstić information content (AvgIpc) is 4.10. The lowest BCUT2D eigenvalue weighted by atomic mass is 10.0. The maximum Gasteiger partial charge on any atom is 0.327 e. The number of para-hydroxylation sites is 1. The van der Waals surface area contributed by atoms with E-state index >= 15 is 0 Å². The number of aliphatic carboxylic acids is 1. The molecule has 0 bridgehead atoms. The molecule has 3 heterocycles. The molecule has 4 aromatic rings. The first kappa shape index (κ1) is 60.5. The maximum absolute atomic E-state index is 14.6. The number of aliphatic imine (C=N–C) groups is 2. The highest BCUT2D eigenvalue weighted by Crippen LogP contribution is 2.24. The third-order valence-corrected chi connectivity index (χ3v) is 14.5. The third-order valence-electron chi connectivity index (χ3n) is 12.0. The van der Waals surface area contributed by atoms with Gasteiger partial charge in [-0.3, -0.25) is 48.3 Å². The summed E-state index contributed by atoms with van der Waals surface area (Å²) < 4.78 is 0. The van der Waals surface area contributed by atoms with E-state index in [1.165, 1.54) is 26.4 Å². The maximum atomic E-state index is 14.6. The van der Waals surface area contributed by atoms with Crippen LogP contribution in [0.2, 0.25) is 0 Å². The van der Waals surface area contributed by atoms with Crippen molar-refractivity contribution in [3.05, 3.63) is 90.1 Å². The number of nitrogens with one attached hydrogen (secondary N) is 10. The molecule has 19 N–H and O–H groups in total. The number of hydrogen-bond acceptors (Lipinski definition) is 14. The van der Waals surface area contributed by atoms with Crippen LogP contribution in [-0.2, 0) is 62.4 Å². The molecule has 8 atom stereocenters. The molecule has 2 aromatic heterocycles. The lowest BCUT2D eigenvalue weighted by molar-refractivity contribution is -0.141. The van der Waals surface area contributed by atoms with Gasteiger partial charge in [0.2, 0.25) is 47.3 Å². The van der Waals surface area contributed by atoms with Gasteiger partial charge >= 0.3 is 5.97 Å². The first-order valence-electron chi connectivity index (χ1n) is 24.8. The van der Waals surface area contributed by atoms with E-state index in [4.69, 9.17) is 22.9 Å². The Kier molecular flexibility index (Phi) is 23.6. The Bertz CT molecular complexity index is 2770. The van der Waals surface area contributed by atoms with Crippen molar-refractivity contribution in [2.24, 2.45) is 32.9 Å². The highest BCUT2D eigenvalue weighted by molar-refractivity contribution is 8.76. The van der Waals surface area contributed by atoms with Crippen LogP contribution < -0.4 is 65.5 Å². The summed E-state index contributed by atoms with van der Waals surface area (Å²) in [6.07, 6.45) is 4.37. The van der Waals surface area contributed by atoms with Gasteiger partial charge in [0.05, 0.1) is 6.33 Å². The number of carboxylic acids is 1. The molecule has 29 heteroatoms. The summed E-state index contributed by atoms with van der Waals surface area (Å²) in [5, 5.41) is 32.3. The lowest BCUT2D eigenvalue weighted by Crippen LogP contribution is -2.60. The second-order valence-corrected chi connectivity index (χ2v) is 20.7. The molecule has 0 spiro atoms. The number of carboxylic acid groups (broad SMARTS) is 1. The molecule has 1 fully saturated rings. The van der Waals surface area contributed by atoms with Crippen LogP contribution in [0.3, 0.4) is 0 Å². The number of imidazole rings is 1. The molecule has 0 aliphatic carbocycles. The Morgan fingerprint density at radius 1 is 0.705 bits per heavy atom. The van der Waals surface area contributed by atoms with E-state index in [1.807, 2.05) is 6.07 Å².